The molecular formula is C10H16N4O3. The molecule has 0 aliphatic carbocycles. The molecule has 7 heteroatoms. The Morgan fingerprint density at radius 1 is 1.65 bits per heavy atom. The summed E-state index contributed by atoms with van der Waals surface area (Å²) in [6.07, 6.45) is 1.89. The molecule has 1 fully saturated rings. The fourth-order valence-electron chi connectivity index (χ4n) is 1.79. The summed E-state index contributed by atoms with van der Waals surface area (Å²) in [5, 5.41) is 6.71. The van der Waals surface area contributed by atoms with Crippen LogP contribution in [0.1, 0.15) is 31.5 Å². The van der Waals surface area contributed by atoms with Gasteiger partial charge in [-0.2, -0.15) is 4.98 Å². The first kappa shape index (κ1) is 12.0. The fraction of sp³-hybridized carbons (Fsp3) is 0.700. The van der Waals surface area contributed by atoms with Crippen LogP contribution in [0.5, 0.6) is 0 Å². The van der Waals surface area contributed by atoms with Gasteiger partial charge in [0.2, 0.25) is 17.6 Å². The predicted molar refractivity (Wildman–Crippen MR) is 57.7 cm³/mol. The van der Waals surface area contributed by atoms with Crippen molar-refractivity contribution in [3.8, 4) is 0 Å². The SMILES string of the molecule is CC1(c2noc(CNCC(N)=O)n2)CCCO1. The number of ether oxygens (including phenoxy) is 1. The summed E-state index contributed by atoms with van der Waals surface area (Å²) in [6.45, 7) is 3.09. The molecule has 1 aliphatic heterocycles. The van der Waals surface area contributed by atoms with Crippen molar-refractivity contribution >= 4 is 5.91 Å². The molecule has 2 heterocycles. The monoisotopic (exact) mass is 240 g/mol. The number of carbonyl (C=O) groups excluding carboxylic acids is 1. The van der Waals surface area contributed by atoms with E-state index in [4.69, 9.17) is 15.0 Å². The number of hydrogen-bond acceptors (Lipinski definition) is 6. The second-order valence-electron chi connectivity index (χ2n) is 4.26. The van der Waals surface area contributed by atoms with Gasteiger partial charge in [-0.1, -0.05) is 5.16 Å². The minimum Gasteiger partial charge on any atom is -0.369 e. The van der Waals surface area contributed by atoms with E-state index in [1.165, 1.54) is 0 Å². The summed E-state index contributed by atoms with van der Waals surface area (Å²) >= 11 is 0. The van der Waals surface area contributed by atoms with E-state index in [0.717, 1.165) is 19.4 Å². The van der Waals surface area contributed by atoms with Crippen LogP contribution >= 0.6 is 0 Å². The Hall–Kier alpha value is -1.47. The van der Waals surface area contributed by atoms with Crippen LogP contribution < -0.4 is 11.1 Å². The average molecular weight is 240 g/mol. The maximum Gasteiger partial charge on any atom is 0.240 e. The third kappa shape index (κ3) is 2.80. The molecular weight excluding hydrogens is 224 g/mol. The number of nitrogens with two attached hydrogens (primary N) is 1. The lowest BCUT2D eigenvalue weighted by Gasteiger charge is -2.17. The van der Waals surface area contributed by atoms with E-state index >= 15 is 0 Å². The van der Waals surface area contributed by atoms with Gasteiger partial charge in [0.1, 0.15) is 5.60 Å². The van der Waals surface area contributed by atoms with Crippen molar-refractivity contribution in [1.29, 1.82) is 0 Å². The van der Waals surface area contributed by atoms with Gasteiger partial charge in [-0.25, -0.2) is 0 Å². The highest BCUT2D eigenvalue weighted by Gasteiger charge is 2.36. The lowest BCUT2D eigenvalue weighted by Crippen LogP contribution is -2.28. The summed E-state index contributed by atoms with van der Waals surface area (Å²) in [5.41, 5.74) is 4.56. The molecule has 1 atom stereocenters. The average Bonchev–Trinajstić information content (AvgIpc) is 2.87. The van der Waals surface area contributed by atoms with Crippen LogP contribution in [0.4, 0.5) is 0 Å². The minimum absolute atomic E-state index is 0.0888. The van der Waals surface area contributed by atoms with E-state index in [9.17, 15) is 4.79 Å². The number of amides is 1. The van der Waals surface area contributed by atoms with Gasteiger partial charge in [-0.15, -0.1) is 0 Å². The molecule has 0 saturated carbocycles. The van der Waals surface area contributed by atoms with Crippen molar-refractivity contribution in [2.24, 2.45) is 5.73 Å². The van der Waals surface area contributed by atoms with E-state index in [1.807, 2.05) is 6.92 Å². The minimum atomic E-state index is -0.439. The maximum atomic E-state index is 10.5. The highest BCUT2D eigenvalue weighted by Crippen LogP contribution is 2.33. The second-order valence-corrected chi connectivity index (χ2v) is 4.26. The summed E-state index contributed by atoms with van der Waals surface area (Å²) < 4.78 is 10.7. The number of primary amides is 1. The van der Waals surface area contributed by atoms with Crippen LogP contribution in [0.3, 0.4) is 0 Å². The molecule has 1 aromatic heterocycles. The molecule has 1 saturated heterocycles. The smallest absolute Gasteiger partial charge is 0.240 e. The Labute approximate surface area is 98.7 Å². The van der Waals surface area contributed by atoms with Gasteiger partial charge in [0.25, 0.3) is 0 Å². The zero-order valence-corrected chi connectivity index (χ0v) is 9.73. The van der Waals surface area contributed by atoms with E-state index in [2.05, 4.69) is 15.5 Å². The molecule has 17 heavy (non-hydrogen) atoms. The molecule has 0 spiro atoms. The zero-order valence-electron chi connectivity index (χ0n) is 9.73. The standard InChI is InChI=1S/C10H16N4O3/c1-10(3-2-4-16-10)9-13-8(17-14-9)6-12-5-7(11)15/h12H,2-6H2,1H3,(H2,11,15). The van der Waals surface area contributed by atoms with Crippen LogP contribution in [-0.4, -0.2) is 29.2 Å². The van der Waals surface area contributed by atoms with E-state index in [1.54, 1.807) is 0 Å². The molecule has 0 aromatic carbocycles. The summed E-state index contributed by atoms with van der Waals surface area (Å²) in [4.78, 5) is 14.8. The number of aromatic nitrogens is 2. The molecule has 0 radical (unpaired) electrons. The van der Waals surface area contributed by atoms with Crippen molar-refractivity contribution in [3.63, 3.8) is 0 Å². The van der Waals surface area contributed by atoms with Gasteiger partial charge in [0.05, 0.1) is 13.1 Å². The Morgan fingerprint density at radius 3 is 3.12 bits per heavy atom. The Kier molecular flexibility index (Phi) is 3.39. The largest absolute Gasteiger partial charge is 0.369 e. The maximum absolute atomic E-state index is 10.5. The first-order chi connectivity index (χ1) is 8.10. The Balaban J connectivity index is 1.93. The van der Waals surface area contributed by atoms with Crippen LogP contribution in [0, 0.1) is 0 Å². The van der Waals surface area contributed by atoms with E-state index < -0.39 is 11.5 Å². The van der Waals surface area contributed by atoms with Crippen molar-refractivity contribution in [1.82, 2.24) is 15.5 Å². The van der Waals surface area contributed by atoms with Crippen LogP contribution in [-0.2, 0) is 21.7 Å². The van der Waals surface area contributed by atoms with E-state index in [0.29, 0.717) is 18.3 Å². The summed E-state index contributed by atoms with van der Waals surface area (Å²) in [7, 11) is 0. The molecule has 3 N–H and O–H groups in total. The normalized spacial score (nSPS) is 24.1. The number of nitrogens with zero attached hydrogens (tertiary/aromatic N) is 2. The lowest BCUT2D eigenvalue weighted by molar-refractivity contribution is -0.117. The van der Waals surface area contributed by atoms with Crippen LogP contribution in [0.15, 0.2) is 4.52 Å². The molecule has 1 unspecified atom stereocenters. The number of rotatable bonds is 5. The summed E-state index contributed by atoms with van der Waals surface area (Å²) in [6, 6.07) is 0. The quantitative estimate of drug-likeness (QED) is 0.730. The highest BCUT2D eigenvalue weighted by molar-refractivity contribution is 5.75. The molecule has 94 valence electrons. The third-order valence-electron chi connectivity index (χ3n) is 2.74. The molecule has 7 nitrogen and oxygen atoms in total. The van der Waals surface area contributed by atoms with Gasteiger partial charge in [-0.3, -0.25) is 10.1 Å². The molecule has 0 bridgehead atoms. The van der Waals surface area contributed by atoms with Crippen molar-refractivity contribution in [2.75, 3.05) is 13.2 Å². The van der Waals surface area contributed by atoms with Gasteiger partial charge in [-0.05, 0) is 19.8 Å². The van der Waals surface area contributed by atoms with Crippen LogP contribution in [0.25, 0.3) is 0 Å². The predicted octanol–water partition coefficient (Wildman–Crippen LogP) is -0.330. The lowest BCUT2D eigenvalue weighted by atomic mass is 10.0. The first-order valence-electron chi connectivity index (χ1n) is 5.56. The second kappa shape index (κ2) is 4.80. The van der Waals surface area contributed by atoms with Crippen LogP contribution in [0.2, 0.25) is 0 Å². The first-order valence-corrected chi connectivity index (χ1v) is 5.56. The van der Waals surface area contributed by atoms with Crippen molar-refractivity contribution in [3.05, 3.63) is 11.7 Å². The van der Waals surface area contributed by atoms with E-state index in [-0.39, 0.29) is 6.54 Å². The summed E-state index contributed by atoms with van der Waals surface area (Å²) in [5.74, 6) is 0.569. The third-order valence-corrected chi connectivity index (χ3v) is 2.74. The number of carbonyl (C=O) groups is 1. The number of hydrogen-bond donors (Lipinski definition) is 2. The Bertz CT molecular complexity index is 398. The molecule has 1 amide bonds. The topological polar surface area (TPSA) is 103 Å². The van der Waals surface area contributed by atoms with Crippen molar-refractivity contribution in [2.45, 2.75) is 31.9 Å². The van der Waals surface area contributed by atoms with Gasteiger partial charge in [0.15, 0.2) is 0 Å². The van der Waals surface area contributed by atoms with Crippen molar-refractivity contribution < 1.29 is 14.1 Å². The highest BCUT2D eigenvalue weighted by atomic mass is 16.5. The molecule has 1 aromatic rings. The van der Waals surface area contributed by atoms with Gasteiger partial charge in [0, 0.05) is 6.61 Å². The Morgan fingerprint density at radius 2 is 2.47 bits per heavy atom. The van der Waals surface area contributed by atoms with Gasteiger partial charge < -0.3 is 15.0 Å². The fourth-order valence-corrected chi connectivity index (χ4v) is 1.79. The molecule has 2 rings (SSSR count). The molecule has 1 aliphatic rings. The number of nitrogens with one attached hydrogen (secondary N) is 1. The van der Waals surface area contributed by atoms with Gasteiger partial charge >= 0.3 is 0 Å². The zero-order chi connectivity index (χ0) is 12.3.